The molecule has 1 N–H and O–H groups in total. The van der Waals surface area contributed by atoms with Crippen LogP contribution in [0.25, 0.3) is 11.1 Å². The third kappa shape index (κ3) is 3.42. The van der Waals surface area contributed by atoms with Crippen molar-refractivity contribution in [2.45, 2.75) is 27.3 Å². The van der Waals surface area contributed by atoms with Gasteiger partial charge in [0.2, 0.25) is 0 Å². The maximum Gasteiger partial charge on any atom is 0.124 e. The Morgan fingerprint density at radius 2 is 1.76 bits per heavy atom. The largest absolute Gasteiger partial charge is 0.496 e. The first-order valence-electron chi connectivity index (χ1n) is 7.21. The molecule has 0 atom stereocenters. The summed E-state index contributed by atoms with van der Waals surface area (Å²) >= 11 is 0. The molecule has 0 saturated heterocycles. The number of ether oxygens (including phenoxy) is 1. The molecule has 0 fully saturated rings. The smallest absolute Gasteiger partial charge is 0.124 e. The molecule has 0 bridgehead atoms. The second kappa shape index (κ2) is 6.72. The molecule has 21 heavy (non-hydrogen) atoms. The fraction of sp³-hybridized carbons (Fsp3) is 0.333. The highest BCUT2D eigenvalue weighted by atomic mass is 19.1. The van der Waals surface area contributed by atoms with Gasteiger partial charge in [-0.2, -0.15) is 0 Å². The Labute approximate surface area is 126 Å². The Balaban J connectivity index is 2.51. The van der Waals surface area contributed by atoms with Crippen LogP contribution in [-0.4, -0.2) is 13.7 Å². The van der Waals surface area contributed by atoms with Gasteiger partial charge in [-0.15, -0.1) is 0 Å². The van der Waals surface area contributed by atoms with Crippen molar-refractivity contribution >= 4 is 0 Å². The van der Waals surface area contributed by atoms with E-state index in [0.717, 1.165) is 40.1 Å². The highest BCUT2D eigenvalue weighted by Crippen LogP contribution is 2.32. The van der Waals surface area contributed by atoms with E-state index >= 15 is 0 Å². The lowest BCUT2D eigenvalue weighted by Crippen LogP contribution is -2.12. The van der Waals surface area contributed by atoms with Gasteiger partial charge >= 0.3 is 0 Å². The van der Waals surface area contributed by atoms with Gasteiger partial charge in [0, 0.05) is 6.54 Å². The maximum atomic E-state index is 13.5. The zero-order valence-electron chi connectivity index (χ0n) is 13.1. The van der Waals surface area contributed by atoms with E-state index in [9.17, 15) is 4.39 Å². The van der Waals surface area contributed by atoms with E-state index < -0.39 is 0 Å². The van der Waals surface area contributed by atoms with Crippen LogP contribution < -0.4 is 10.1 Å². The summed E-state index contributed by atoms with van der Waals surface area (Å²) < 4.78 is 18.9. The lowest BCUT2D eigenvalue weighted by molar-refractivity contribution is 0.408. The van der Waals surface area contributed by atoms with Crippen molar-refractivity contribution in [2.75, 3.05) is 13.7 Å². The van der Waals surface area contributed by atoms with Crippen molar-refractivity contribution in [1.82, 2.24) is 5.32 Å². The Kier molecular flexibility index (Phi) is 4.97. The number of methoxy groups -OCH3 is 1. The van der Waals surface area contributed by atoms with Crippen molar-refractivity contribution in [1.29, 1.82) is 0 Å². The number of hydrogen-bond donors (Lipinski definition) is 1. The minimum absolute atomic E-state index is 0.200. The lowest BCUT2D eigenvalue weighted by atomic mass is 9.95. The zero-order chi connectivity index (χ0) is 15.4. The quantitative estimate of drug-likeness (QED) is 0.888. The summed E-state index contributed by atoms with van der Waals surface area (Å²) in [4.78, 5) is 0. The first-order valence-corrected chi connectivity index (χ1v) is 7.21. The van der Waals surface area contributed by atoms with E-state index in [1.807, 2.05) is 26.8 Å². The summed E-state index contributed by atoms with van der Waals surface area (Å²) in [7, 11) is 1.68. The predicted octanol–water partition coefficient (Wildman–Crippen LogP) is 4.23. The maximum absolute atomic E-state index is 13.5. The SMILES string of the molecule is CCNCc1cc(F)ccc1-c1cc(C)c(OC)c(C)c1. The number of aryl methyl sites for hydroxylation is 2. The number of nitrogens with one attached hydrogen (secondary N) is 1. The van der Waals surface area contributed by atoms with Gasteiger partial charge in [-0.1, -0.05) is 13.0 Å². The molecule has 2 nitrogen and oxygen atoms in total. The van der Waals surface area contributed by atoms with Gasteiger partial charge in [0.1, 0.15) is 11.6 Å². The Morgan fingerprint density at radius 1 is 1.10 bits per heavy atom. The Bertz CT molecular complexity index is 614. The number of halogens is 1. The topological polar surface area (TPSA) is 21.3 Å². The minimum Gasteiger partial charge on any atom is -0.496 e. The third-order valence-corrected chi connectivity index (χ3v) is 3.61. The lowest BCUT2D eigenvalue weighted by Gasteiger charge is -2.15. The molecular formula is C18H22FNO. The van der Waals surface area contributed by atoms with Gasteiger partial charge in [-0.05, 0) is 72.5 Å². The number of rotatable bonds is 5. The molecule has 0 saturated carbocycles. The summed E-state index contributed by atoms with van der Waals surface area (Å²) in [6.07, 6.45) is 0. The van der Waals surface area contributed by atoms with E-state index in [1.165, 1.54) is 6.07 Å². The van der Waals surface area contributed by atoms with E-state index in [0.29, 0.717) is 6.54 Å². The molecule has 0 heterocycles. The third-order valence-electron chi connectivity index (χ3n) is 3.61. The predicted molar refractivity (Wildman–Crippen MR) is 85.2 cm³/mol. The molecule has 0 unspecified atom stereocenters. The first kappa shape index (κ1) is 15.5. The molecule has 0 amide bonds. The molecule has 2 aromatic carbocycles. The molecule has 2 aromatic rings. The summed E-state index contributed by atoms with van der Waals surface area (Å²) in [5.74, 6) is 0.711. The van der Waals surface area contributed by atoms with Gasteiger partial charge < -0.3 is 10.1 Å². The summed E-state index contributed by atoms with van der Waals surface area (Å²) in [5.41, 5.74) is 5.31. The van der Waals surface area contributed by atoms with E-state index in [4.69, 9.17) is 4.74 Å². The zero-order valence-corrected chi connectivity index (χ0v) is 13.1. The molecule has 0 radical (unpaired) electrons. The van der Waals surface area contributed by atoms with Crippen LogP contribution in [0, 0.1) is 19.7 Å². The molecule has 0 aliphatic carbocycles. The fourth-order valence-electron chi connectivity index (χ4n) is 2.68. The van der Waals surface area contributed by atoms with Crippen LogP contribution in [0.5, 0.6) is 5.75 Å². The van der Waals surface area contributed by atoms with Crippen LogP contribution in [0.15, 0.2) is 30.3 Å². The monoisotopic (exact) mass is 287 g/mol. The number of benzene rings is 2. The standard InChI is InChI=1S/C18H22FNO/c1-5-20-11-15-10-16(19)6-7-17(15)14-8-12(2)18(21-4)13(3)9-14/h6-10,20H,5,11H2,1-4H3. The second-order valence-electron chi connectivity index (χ2n) is 5.23. The van der Waals surface area contributed by atoms with Gasteiger partial charge in [-0.3, -0.25) is 0 Å². The van der Waals surface area contributed by atoms with Crippen LogP contribution in [-0.2, 0) is 6.54 Å². The van der Waals surface area contributed by atoms with Crippen LogP contribution in [0.1, 0.15) is 23.6 Å². The van der Waals surface area contributed by atoms with Crippen molar-refractivity contribution in [3.63, 3.8) is 0 Å². The summed E-state index contributed by atoms with van der Waals surface area (Å²) in [5, 5.41) is 3.26. The molecule has 0 aromatic heterocycles. The number of hydrogen-bond acceptors (Lipinski definition) is 2. The van der Waals surface area contributed by atoms with E-state index in [1.54, 1.807) is 13.2 Å². The second-order valence-corrected chi connectivity index (χ2v) is 5.23. The van der Waals surface area contributed by atoms with E-state index in [2.05, 4.69) is 17.4 Å². The molecule has 0 spiro atoms. The highest BCUT2D eigenvalue weighted by molar-refractivity contribution is 5.70. The van der Waals surface area contributed by atoms with Crippen LogP contribution in [0.2, 0.25) is 0 Å². The first-order chi connectivity index (χ1) is 10.1. The normalized spacial score (nSPS) is 10.7. The van der Waals surface area contributed by atoms with Gasteiger partial charge in [0.15, 0.2) is 0 Å². The minimum atomic E-state index is -0.200. The molecule has 2 rings (SSSR count). The van der Waals surface area contributed by atoms with Crippen molar-refractivity contribution < 1.29 is 9.13 Å². The molecule has 112 valence electrons. The van der Waals surface area contributed by atoms with Crippen LogP contribution >= 0.6 is 0 Å². The summed E-state index contributed by atoms with van der Waals surface area (Å²) in [6, 6.07) is 9.15. The van der Waals surface area contributed by atoms with Crippen molar-refractivity contribution in [3.8, 4) is 16.9 Å². The van der Waals surface area contributed by atoms with Crippen LogP contribution in [0.4, 0.5) is 4.39 Å². The molecule has 0 aliphatic heterocycles. The van der Waals surface area contributed by atoms with Crippen molar-refractivity contribution in [3.05, 3.63) is 52.8 Å². The summed E-state index contributed by atoms with van der Waals surface area (Å²) in [6.45, 7) is 7.62. The van der Waals surface area contributed by atoms with E-state index in [-0.39, 0.29) is 5.82 Å². The van der Waals surface area contributed by atoms with Gasteiger partial charge in [0.05, 0.1) is 7.11 Å². The highest BCUT2D eigenvalue weighted by Gasteiger charge is 2.10. The molecule has 3 heteroatoms. The van der Waals surface area contributed by atoms with Gasteiger partial charge in [-0.25, -0.2) is 4.39 Å². The van der Waals surface area contributed by atoms with Gasteiger partial charge in [0.25, 0.3) is 0 Å². The molecule has 0 aliphatic rings. The Morgan fingerprint density at radius 3 is 2.33 bits per heavy atom. The average molecular weight is 287 g/mol. The molecular weight excluding hydrogens is 265 g/mol. The van der Waals surface area contributed by atoms with Crippen molar-refractivity contribution in [2.24, 2.45) is 0 Å². The fourth-order valence-corrected chi connectivity index (χ4v) is 2.68. The van der Waals surface area contributed by atoms with Crippen LogP contribution in [0.3, 0.4) is 0 Å². The average Bonchev–Trinajstić information content (AvgIpc) is 2.44. The Hall–Kier alpha value is -1.87.